The van der Waals surface area contributed by atoms with E-state index in [0.29, 0.717) is 0 Å². The van der Waals surface area contributed by atoms with Crippen LogP contribution in [0.25, 0.3) is 0 Å². The number of halogens is 4. The van der Waals surface area contributed by atoms with Crippen molar-refractivity contribution >= 4 is 11.6 Å². The number of amides is 1. The zero-order chi connectivity index (χ0) is 18.6. The number of hydrogen-bond donors (Lipinski definition) is 1. The highest BCUT2D eigenvalue weighted by Gasteiger charge is 2.39. The van der Waals surface area contributed by atoms with Crippen molar-refractivity contribution in [1.82, 2.24) is 9.78 Å². The average Bonchev–Trinajstić information content (AvgIpc) is 2.92. The number of anilines is 1. The van der Waals surface area contributed by atoms with Crippen LogP contribution in [0.5, 0.6) is 5.75 Å². The van der Waals surface area contributed by atoms with Crippen molar-refractivity contribution in [2.75, 3.05) is 25.6 Å². The standard InChI is InChI=1S/C15H15F4N3O3/c1-22-8-10(13(21-22)15(17,18)19)14(23)20-9-3-4-12(11(16)7-9)25-6-5-24-2/h3-4,7-8H,5-6H2,1-2H3,(H,20,23). The molecule has 1 aromatic carbocycles. The normalized spacial score (nSPS) is 11.4. The van der Waals surface area contributed by atoms with Crippen LogP contribution in [0.1, 0.15) is 16.1 Å². The van der Waals surface area contributed by atoms with Crippen LogP contribution in [-0.2, 0) is 18.0 Å². The summed E-state index contributed by atoms with van der Waals surface area (Å²) < 4.78 is 63.3. The summed E-state index contributed by atoms with van der Waals surface area (Å²) in [5, 5.41) is 5.45. The summed E-state index contributed by atoms with van der Waals surface area (Å²) >= 11 is 0. The number of aryl methyl sites for hydroxylation is 1. The summed E-state index contributed by atoms with van der Waals surface area (Å²) in [6.45, 7) is 0.392. The summed E-state index contributed by atoms with van der Waals surface area (Å²) in [6, 6.07) is 3.52. The van der Waals surface area contributed by atoms with Crippen LogP contribution in [0.2, 0.25) is 0 Å². The molecule has 1 heterocycles. The lowest BCUT2D eigenvalue weighted by atomic mass is 10.2. The maximum Gasteiger partial charge on any atom is 0.435 e. The maximum absolute atomic E-state index is 13.9. The fraction of sp³-hybridized carbons (Fsp3) is 0.333. The van der Waals surface area contributed by atoms with Gasteiger partial charge in [0, 0.05) is 32.1 Å². The second-order valence-electron chi connectivity index (χ2n) is 5.00. The minimum Gasteiger partial charge on any atom is -0.488 e. The Balaban J connectivity index is 2.15. The highest BCUT2D eigenvalue weighted by Crippen LogP contribution is 2.31. The van der Waals surface area contributed by atoms with E-state index in [4.69, 9.17) is 9.47 Å². The SMILES string of the molecule is COCCOc1ccc(NC(=O)c2cn(C)nc2C(F)(F)F)cc1F. The Bertz CT molecular complexity index is 759. The van der Waals surface area contributed by atoms with E-state index < -0.39 is 29.2 Å². The number of aromatic nitrogens is 2. The monoisotopic (exact) mass is 361 g/mol. The molecule has 2 aromatic rings. The first-order valence-corrected chi connectivity index (χ1v) is 7.06. The molecule has 25 heavy (non-hydrogen) atoms. The minimum absolute atomic E-state index is 0.0152. The number of hydrogen-bond acceptors (Lipinski definition) is 4. The Morgan fingerprint density at radius 2 is 2.04 bits per heavy atom. The van der Waals surface area contributed by atoms with Gasteiger partial charge in [-0.15, -0.1) is 0 Å². The lowest BCUT2D eigenvalue weighted by molar-refractivity contribution is -0.141. The number of carbonyl (C=O) groups is 1. The molecular formula is C15H15F4N3O3. The fourth-order valence-corrected chi connectivity index (χ4v) is 1.99. The first kappa shape index (κ1) is 18.7. The van der Waals surface area contributed by atoms with Gasteiger partial charge in [-0.1, -0.05) is 0 Å². The van der Waals surface area contributed by atoms with Crippen molar-refractivity contribution in [1.29, 1.82) is 0 Å². The van der Waals surface area contributed by atoms with Crippen LogP contribution in [-0.4, -0.2) is 36.0 Å². The Morgan fingerprint density at radius 1 is 1.32 bits per heavy atom. The minimum atomic E-state index is -4.78. The average molecular weight is 361 g/mol. The predicted molar refractivity (Wildman–Crippen MR) is 79.9 cm³/mol. The molecule has 0 saturated heterocycles. The molecule has 6 nitrogen and oxygen atoms in total. The van der Waals surface area contributed by atoms with Crippen molar-refractivity contribution in [3.05, 3.63) is 41.5 Å². The van der Waals surface area contributed by atoms with Crippen molar-refractivity contribution in [3.63, 3.8) is 0 Å². The third-order valence-electron chi connectivity index (χ3n) is 3.08. The number of nitrogens with zero attached hydrogens (tertiary/aromatic N) is 2. The first-order chi connectivity index (χ1) is 11.7. The Kier molecular flexibility index (Phi) is 5.62. The molecule has 0 aliphatic rings. The summed E-state index contributed by atoms with van der Waals surface area (Å²) in [5.41, 5.74) is -1.98. The molecule has 10 heteroatoms. The van der Waals surface area contributed by atoms with E-state index in [1.807, 2.05) is 0 Å². The van der Waals surface area contributed by atoms with Crippen molar-refractivity contribution in [3.8, 4) is 5.75 Å². The van der Waals surface area contributed by atoms with Gasteiger partial charge in [0.2, 0.25) is 0 Å². The molecule has 0 fully saturated rings. The van der Waals surface area contributed by atoms with Gasteiger partial charge in [-0.2, -0.15) is 18.3 Å². The van der Waals surface area contributed by atoms with Gasteiger partial charge in [-0.05, 0) is 12.1 Å². The lowest BCUT2D eigenvalue weighted by Gasteiger charge is -2.10. The van der Waals surface area contributed by atoms with E-state index in [2.05, 4.69) is 10.4 Å². The van der Waals surface area contributed by atoms with Crippen molar-refractivity contribution < 1.29 is 31.8 Å². The molecule has 1 aromatic heterocycles. The largest absolute Gasteiger partial charge is 0.488 e. The lowest BCUT2D eigenvalue weighted by Crippen LogP contribution is -2.18. The van der Waals surface area contributed by atoms with Gasteiger partial charge in [0.05, 0.1) is 12.2 Å². The summed E-state index contributed by atoms with van der Waals surface area (Å²) in [5.74, 6) is -1.88. The van der Waals surface area contributed by atoms with Gasteiger partial charge in [0.1, 0.15) is 6.61 Å². The molecule has 0 aliphatic carbocycles. The number of nitrogens with one attached hydrogen (secondary N) is 1. The van der Waals surface area contributed by atoms with Gasteiger partial charge in [-0.3, -0.25) is 9.48 Å². The van der Waals surface area contributed by atoms with E-state index in [-0.39, 0.29) is 24.7 Å². The van der Waals surface area contributed by atoms with Crippen molar-refractivity contribution in [2.45, 2.75) is 6.18 Å². The van der Waals surface area contributed by atoms with Crippen LogP contribution in [0.15, 0.2) is 24.4 Å². The van der Waals surface area contributed by atoms with Crippen molar-refractivity contribution in [2.24, 2.45) is 7.05 Å². The highest BCUT2D eigenvalue weighted by atomic mass is 19.4. The summed E-state index contributed by atoms with van der Waals surface area (Å²) in [6.07, 6.45) is -3.84. The van der Waals surface area contributed by atoms with Crippen LogP contribution in [0.4, 0.5) is 23.2 Å². The van der Waals surface area contributed by atoms with Crippen LogP contribution in [0.3, 0.4) is 0 Å². The molecule has 0 atom stereocenters. The quantitative estimate of drug-likeness (QED) is 0.635. The van der Waals surface area contributed by atoms with Gasteiger partial charge >= 0.3 is 6.18 Å². The zero-order valence-corrected chi connectivity index (χ0v) is 13.4. The molecule has 1 N–H and O–H groups in total. The van der Waals surface area contributed by atoms with Crippen LogP contribution < -0.4 is 10.1 Å². The molecule has 0 aliphatic heterocycles. The fourth-order valence-electron chi connectivity index (χ4n) is 1.99. The second kappa shape index (κ2) is 7.51. The number of alkyl halides is 3. The molecule has 0 saturated carbocycles. The Morgan fingerprint density at radius 3 is 2.64 bits per heavy atom. The molecule has 0 bridgehead atoms. The van der Waals surface area contributed by atoms with E-state index >= 15 is 0 Å². The van der Waals surface area contributed by atoms with E-state index in [1.165, 1.54) is 26.3 Å². The Hall–Kier alpha value is -2.62. The van der Waals surface area contributed by atoms with Gasteiger partial charge in [0.15, 0.2) is 17.3 Å². The predicted octanol–water partition coefficient (Wildman–Crippen LogP) is 2.86. The third-order valence-corrected chi connectivity index (χ3v) is 3.08. The van der Waals surface area contributed by atoms with E-state index in [0.717, 1.165) is 16.9 Å². The highest BCUT2D eigenvalue weighted by molar-refractivity contribution is 6.05. The summed E-state index contributed by atoms with van der Waals surface area (Å²) in [4.78, 5) is 12.1. The number of rotatable bonds is 6. The van der Waals surface area contributed by atoms with Crippen LogP contribution in [0, 0.1) is 5.82 Å². The number of ether oxygens (including phenoxy) is 2. The molecule has 136 valence electrons. The number of benzene rings is 1. The number of methoxy groups -OCH3 is 1. The smallest absolute Gasteiger partial charge is 0.435 e. The van der Waals surface area contributed by atoms with Gasteiger partial charge in [-0.25, -0.2) is 4.39 Å². The van der Waals surface area contributed by atoms with E-state index in [9.17, 15) is 22.4 Å². The molecule has 0 spiro atoms. The zero-order valence-electron chi connectivity index (χ0n) is 13.4. The molecule has 0 unspecified atom stereocenters. The topological polar surface area (TPSA) is 65.4 Å². The molecule has 2 rings (SSSR count). The second-order valence-corrected chi connectivity index (χ2v) is 5.00. The first-order valence-electron chi connectivity index (χ1n) is 7.06. The van der Waals surface area contributed by atoms with E-state index in [1.54, 1.807) is 0 Å². The maximum atomic E-state index is 13.9. The Labute approximate surface area is 140 Å². The van der Waals surface area contributed by atoms with Gasteiger partial charge in [0.25, 0.3) is 5.91 Å². The number of carbonyl (C=O) groups excluding carboxylic acids is 1. The van der Waals surface area contributed by atoms with Crippen LogP contribution >= 0.6 is 0 Å². The molecular weight excluding hydrogens is 346 g/mol. The third kappa shape index (κ3) is 4.69. The van der Waals surface area contributed by atoms with Gasteiger partial charge < -0.3 is 14.8 Å². The molecule has 0 radical (unpaired) electrons. The summed E-state index contributed by atoms with van der Waals surface area (Å²) in [7, 11) is 2.73. The molecule has 1 amide bonds.